The number of hydrogen-bond donors (Lipinski definition) is 0. The minimum absolute atomic E-state index is 0.0320. The SMILES string of the molecule is CCCN1CCN(C(=O)c2cnn(C)c2C)[C@@H](Cc2cccc(-c3cccs3)c2)C1=O. The van der Waals surface area contributed by atoms with Crippen LogP contribution in [0.4, 0.5) is 0 Å². The molecule has 3 heterocycles. The molecule has 7 heteroatoms. The topological polar surface area (TPSA) is 58.4 Å². The van der Waals surface area contributed by atoms with Gasteiger partial charge in [0.15, 0.2) is 0 Å². The van der Waals surface area contributed by atoms with Crippen molar-refractivity contribution in [2.75, 3.05) is 19.6 Å². The molecule has 31 heavy (non-hydrogen) atoms. The normalized spacial score (nSPS) is 16.7. The molecule has 3 aromatic rings. The predicted molar refractivity (Wildman–Crippen MR) is 123 cm³/mol. The number of thiophene rings is 1. The van der Waals surface area contributed by atoms with Crippen molar-refractivity contribution in [3.05, 3.63) is 64.8 Å². The number of hydrogen-bond acceptors (Lipinski definition) is 4. The van der Waals surface area contributed by atoms with E-state index in [0.717, 1.165) is 29.8 Å². The fraction of sp³-hybridized carbons (Fsp3) is 0.375. The van der Waals surface area contributed by atoms with Gasteiger partial charge in [-0.1, -0.05) is 37.3 Å². The Balaban J connectivity index is 1.64. The Kier molecular flexibility index (Phi) is 6.23. The van der Waals surface area contributed by atoms with Crippen molar-refractivity contribution in [3.63, 3.8) is 0 Å². The lowest BCUT2D eigenvalue weighted by Gasteiger charge is -2.40. The van der Waals surface area contributed by atoms with Gasteiger partial charge in [0, 0.05) is 43.7 Å². The molecular formula is C24H28N4O2S. The Morgan fingerprint density at radius 3 is 2.74 bits per heavy atom. The molecule has 1 aromatic carbocycles. The lowest BCUT2D eigenvalue weighted by Crippen LogP contribution is -2.59. The van der Waals surface area contributed by atoms with Gasteiger partial charge in [0.05, 0.1) is 11.8 Å². The summed E-state index contributed by atoms with van der Waals surface area (Å²) in [6.45, 7) is 5.79. The monoisotopic (exact) mass is 436 g/mol. The zero-order valence-electron chi connectivity index (χ0n) is 18.2. The van der Waals surface area contributed by atoms with Gasteiger partial charge < -0.3 is 9.80 Å². The summed E-state index contributed by atoms with van der Waals surface area (Å²) < 4.78 is 1.70. The molecule has 2 aromatic heterocycles. The first-order valence-corrected chi connectivity index (χ1v) is 11.6. The molecule has 1 saturated heterocycles. The van der Waals surface area contributed by atoms with E-state index in [4.69, 9.17) is 0 Å². The van der Waals surface area contributed by atoms with Crippen LogP contribution in [0.5, 0.6) is 0 Å². The molecule has 0 saturated carbocycles. The average molecular weight is 437 g/mol. The number of carbonyl (C=O) groups is 2. The molecular weight excluding hydrogens is 408 g/mol. The summed E-state index contributed by atoms with van der Waals surface area (Å²) in [6, 6.07) is 11.9. The molecule has 0 radical (unpaired) electrons. The van der Waals surface area contributed by atoms with Crippen LogP contribution in [0.3, 0.4) is 0 Å². The van der Waals surface area contributed by atoms with Crippen LogP contribution in [0.2, 0.25) is 0 Å². The summed E-state index contributed by atoms with van der Waals surface area (Å²) >= 11 is 1.70. The highest BCUT2D eigenvalue weighted by Crippen LogP contribution is 2.27. The summed E-state index contributed by atoms with van der Waals surface area (Å²) in [5.74, 6) is -0.0842. The number of aromatic nitrogens is 2. The molecule has 2 amide bonds. The number of amides is 2. The lowest BCUT2D eigenvalue weighted by molar-refractivity contribution is -0.140. The van der Waals surface area contributed by atoms with Crippen molar-refractivity contribution in [2.45, 2.75) is 32.7 Å². The molecule has 4 rings (SSSR count). The Labute approximate surface area is 187 Å². The van der Waals surface area contributed by atoms with Crippen molar-refractivity contribution in [1.29, 1.82) is 0 Å². The highest BCUT2D eigenvalue weighted by molar-refractivity contribution is 7.13. The van der Waals surface area contributed by atoms with Crippen LogP contribution in [0, 0.1) is 6.92 Å². The van der Waals surface area contributed by atoms with E-state index in [1.54, 1.807) is 27.1 Å². The van der Waals surface area contributed by atoms with E-state index in [0.29, 0.717) is 25.1 Å². The second kappa shape index (κ2) is 9.06. The van der Waals surface area contributed by atoms with E-state index in [1.807, 2.05) is 37.1 Å². The fourth-order valence-electron chi connectivity index (χ4n) is 4.15. The van der Waals surface area contributed by atoms with E-state index in [1.165, 1.54) is 4.88 Å². The molecule has 1 aliphatic heterocycles. The molecule has 0 bridgehead atoms. The van der Waals surface area contributed by atoms with E-state index in [-0.39, 0.29) is 11.8 Å². The minimum Gasteiger partial charge on any atom is -0.339 e. The summed E-state index contributed by atoms with van der Waals surface area (Å²) in [5.41, 5.74) is 3.58. The molecule has 1 aliphatic rings. The quantitative estimate of drug-likeness (QED) is 0.591. The summed E-state index contributed by atoms with van der Waals surface area (Å²) in [7, 11) is 1.82. The van der Waals surface area contributed by atoms with E-state index >= 15 is 0 Å². The largest absolute Gasteiger partial charge is 0.339 e. The van der Waals surface area contributed by atoms with Crippen LogP contribution >= 0.6 is 11.3 Å². The molecule has 0 N–H and O–H groups in total. The van der Waals surface area contributed by atoms with Crippen LogP contribution in [0.1, 0.15) is 35.0 Å². The highest BCUT2D eigenvalue weighted by atomic mass is 32.1. The second-order valence-corrected chi connectivity index (χ2v) is 8.94. The lowest BCUT2D eigenvalue weighted by atomic mass is 9.98. The average Bonchev–Trinajstić information content (AvgIpc) is 3.42. The first-order valence-electron chi connectivity index (χ1n) is 10.7. The second-order valence-electron chi connectivity index (χ2n) is 7.99. The maximum Gasteiger partial charge on any atom is 0.258 e. The third-order valence-corrected chi connectivity index (χ3v) is 6.88. The first-order chi connectivity index (χ1) is 15.0. The Morgan fingerprint density at radius 1 is 1.23 bits per heavy atom. The van der Waals surface area contributed by atoms with Gasteiger partial charge in [-0.25, -0.2) is 0 Å². The van der Waals surface area contributed by atoms with Crippen molar-refractivity contribution < 1.29 is 9.59 Å². The molecule has 0 unspecified atom stereocenters. The zero-order chi connectivity index (χ0) is 22.0. The van der Waals surface area contributed by atoms with Gasteiger partial charge in [-0.2, -0.15) is 5.10 Å². The molecule has 1 atom stereocenters. The number of benzene rings is 1. The number of piperazine rings is 1. The molecule has 0 aliphatic carbocycles. The third kappa shape index (κ3) is 4.28. The Hall–Kier alpha value is -2.93. The summed E-state index contributed by atoms with van der Waals surface area (Å²) in [6.07, 6.45) is 3.01. The Bertz CT molecular complexity index is 1070. The van der Waals surface area contributed by atoms with Gasteiger partial charge in [-0.3, -0.25) is 14.3 Å². The standard InChI is InChI=1S/C24H28N4O2S/c1-4-10-27-11-12-28(23(29)20-16-25-26(3)17(20)2)21(24(27)30)15-18-7-5-8-19(14-18)22-9-6-13-31-22/h5-9,13-14,16,21H,4,10-12,15H2,1-3H3/t21-/m0/s1. The van der Waals surface area contributed by atoms with Gasteiger partial charge in [-0.15, -0.1) is 11.3 Å². The smallest absolute Gasteiger partial charge is 0.258 e. The Morgan fingerprint density at radius 2 is 2.06 bits per heavy atom. The van der Waals surface area contributed by atoms with E-state index in [2.05, 4.69) is 35.6 Å². The highest BCUT2D eigenvalue weighted by Gasteiger charge is 2.38. The third-order valence-electron chi connectivity index (χ3n) is 5.97. The van der Waals surface area contributed by atoms with Gasteiger partial charge in [0.25, 0.3) is 5.91 Å². The van der Waals surface area contributed by atoms with Crippen LogP contribution < -0.4 is 0 Å². The fourth-order valence-corrected chi connectivity index (χ4v) is 4.88. The maximum absolute atomic E-state index is 13.4. The van der Waals surface area contributed by atoms with Gasteiger partial charge in [0.2, 0.25) is 5.91 Å². The van der Waals surface area contributed by atoms with Crippen LogP contribution in [-0.2, 0) is 18.3 Å². The van der Waals surface area contributed by atoms with Crippen molar-refractivity contribution >= 4 is 23.2 Å². The van der Waals surface area contributed by atoms with Crippen LogP contribution in [0.25, 0.3) is 10.4 Å². The number of carbonyl (C=O) groups excluding carboxylic acids is 2. The van der Waals surface area contributed by atoms with Gasteiger partial charge >= 0.3 is 0 Å². The van der Waals surface area contributed by atoms with Crippen LogP contribution in [0.15, 0.2) is 48.0 Å². The van der Waals surface area contributed by atoms with Crippen molar-refractivity contribution in [2.24, 2.45) is 7.05 Å². The minimum atomic E-state index is -0.508. The van der Waals surface area contributed by atoms with Gasteiger partial charge in [0.1, 0.15) is 6.04 Å². The molecule has 6 nitrogen and oxygen atoms in total. The zero-order valence-corrected chi connectivity index (χ0v) is 19.1. The number of rotatable bonds is 6. The van der Waals surface area contributed by atoms with E-state index < -0.39 is 6.04 Å². The maximum atomic E-state index is 13.4. The molecule has 1 fully saturated rings. The van der Waals surface area contributed by atoms with E-state index in [9.17, 15) is 9.59 Å². The molecule has 0 spiro atoms. The van der Waals surface area contributed by atoms with Crippen LogP contribution in [-0.4, -0.2) is 57.1 Å². The predicted octanol–water partition coefficient (Wildman–Crippen LogP) is 3.76. The number of nitrogens with zero attached hydrogens (tertiary/aromatic N) is 4. The molecule has 162 valence electrons. The van der Waals surface area contributed by atoms with Crippen molar-refractivity contribution in [1.82, 2.24) is 19.6 Å². The number of aryl methyl sites for hydroxylation is 1. The van der Waals surface area contributed by atoms with Gasteiger partial charge in [-0.05, 0) is 35.9 Å². The van der Waals surface area contributed by atoms with Crippen molar-refractivity contribution in [3.8, 4) is 10.4 Å². The first kappa shape index (κ1) is 21.3. The summed E-state index contributed by atoms with van der Waals surface area (Å²) in [5, 5.41) is 6.28. The summed E-state index contributed by atoms with van der Waals surface area (Å²) in [4.78, 5) is 31.6.